The van der Waals surface area contributed by atoms with Gasteiger partial charge >= 0.3 is 0 Å². The molecule has 0 saturated heterocycles. The van der Waals surface area contributed by atoms with Crippen LogP contribution in [0, 0.1) is 0 Å². The number of hydrogen-bond acceptors (Lipinski definition) is 1. The number of pyridine rings is 1. The SMILES string of the molecule is C=CCc1cncc(Cl)c1. The molecule has 0 spiro atoms. The lowest BCUT2D eigenvalue weighted by molar-refractivity contribution is 1.19. The molecule has 1 heterocycles. The van der Waals surface area contributed by atoms with Crippen molar-refractivity contribution < 1.29 is 0 Å². The maximum absolute atomic E-state index is 5.68. The summed E-state index contributed by atoms with van der Waals surface area (Å²) < 4.78 is 0. The molecule has 0 aliphatic rings. The molecule has 2 heteroatoms. The first-order valence-electron chi connectivity index (χ1n) is 3.03. The first kappa shape index (κ1) is 7.29. The Kier molecular flexibility index (Phi) is 2.46. The molecule has 1 nitrogen and oxygen atoms in total. The number of rotatable bonds is 2. The lowest BCUT2D eigenvalue weighted by Gasteiger charge is -1.93. The highest BCUT2D eigenvalue weighted by atomic mass is 35.5. The van der Waals surface area contributed by atoms with Crippen molar-refractivity contribution in [3.05, 3.63) is 41.7 Å². The quantitative estimate of drug-likeness (QED) is 0.595. The number of allylic oxidation sites excluding steroid dienone is 1. The van der Waals surface area contributed by atoms with Gasteiger partial charge in [0.1, 0.15) is 0 Å². The van der Waals surface area contributed by atoms with E-state index in [-0.39, 0.29) is 0 Å². The Hall–Kier alpha value is -0.820. The Bertz CT molecular complexity index is 232. The van der Waals surface area contributed by atoms with Crippen molar-refractivity contribution in [3.63, 3.8) is 0 Å². The molecule has 0 amide bonds. The van der Waals surface area contributed by atoms with E-state index in [0.29, 0.717) is 5.02 Å². The average Bonchev–Trinajstić information content (AvgIpc) is 1.88. The summed E-state index contributed by atoms with van der Waals surface area (Å²) in [5.41, 5.74) is 1.10. The minimum Gasteiger partial charge on any atom is -0.263 e. The summed E-state index contributed by atoms with van der Waals surface area (Å²) in [6, 6.07) is 1.89. The summed E-state index contributed by atoms with van der Waals surface area (Å²) in [7, 11) is 0. The normalized spacial score (nSPS) is 9.30. The van der Waals surface area contributed by atoms with E-state index in [9.17, 15) is 0 Å². The molecule has 0 saturated carbocycles. The summed E-state index contributed by atoms with van der Waals surface area (Å²) >= 11 is 5.68. The third kappa shape index (κ3) is 1.85. The number of nitrogens with zero attached hydrogens (tertiary/aromatic N) is 1. The van der Waals surface area contributed by atoms with E-state index in [4.69, 9.17) is 11.6 Å². The molecule has 10 heavy (non-hydrogen) atoms. The van der Waals surface area contributed by atoms with Gasteiger partial charge < -0.3 is 0 Å². The summed E-state index contributed by atoms with van der Waals surface area (Å²) in [4.78, 5) is 3.92. The van der Waals surface area contributed by atoms with Gasteiger partial charge in [-0.25, -0.2) is 0 Å². The van der Waals surface area contributed by atoms with Crippen LogP contribution in [0.1, 0.15) is 5.56 Å². The second-order valence-corrected chi connectivity index (χ2v) is 2.44. The molecule has 0 N–H and O–H groups in total. The molecule has 0 unspecified atom stereocenters. The van der Waals surface area contributed by atoms with Gasteiger partial charge in [0.15, 0.2) is 0 Å². The highest BCUT2D eigenvalue weighted by molar-refractivity contribution is 6.30. The van der Waals surface area contributed by atoms with Gasteiger partial charge in [0.2, 0.25) is 0 Å². The molecule has 0 atom stereocenters. The summed E-state index contributed by atoms with van der Waals surface area (Å²) in [6.07, 6.45) is 6.06. The van der Waals surface area contributed by atoms with Crippen molar-refractivity contribution in [1.82, 2.24) is 4.98 Å². The van der Waals surface area contributed by atoms with Crippen molar-refractivity contribution in [3.8, 4) is 0 Å². The molecule has 1 rings (SSSR count). The molecule has 52 valence electrons. The van der Waals surface area contributed by atoms with Crippen molar-refractivity contribution >= 4 is 11.6 Å². The first-order valence-corrected chi connectivity index (χ1v) is 3.41. The minimum atomic E-state index is 0.680. The monoisotopic (exact) mass is 153 g/mol. The van der Waals surface area contributed by atoms with Crippen LogP contribution >= 0.6 is 11.6 Å². The maximum atomic E-state index is 5.68. The molecule has 1 aromatic heterocycles. The minimum absolute atomic E-state index is 0.680. The third-order valence-electron chi connectivity index (χ3n) is 1.14. The van der Waals surface area contributed by atoms with Crippen molar-refractivity contribution in [2.75, 3.05) is 0 Å². The second kappa shape index (κ2) is 3.37. The second-order valence-electron chi connectivity index (χ2n) is 2.00. The molecule has 0 aliphatic carbocycles. The Morgan fingerprint density at radius 3 is 3.00 bits per heavy atom. The van der Waals surface area contributed by atoms with Crippen LogP contribution in [0.5, 0.6) is 0 Å². The fourth-order valence-electron chi connectivity index (χ4n) is 0.734. The van der Waals surface area contributed by atoms with Gasteiger partial charge in [-0.05, 0) is 18.1 Å². The summed E-state index contributed by atoms with van der Waals surface area (Å²) in [5.74, 6) is 0. The van der Waals surface area contributed by atoms with Gasteiger partial charge in [0, 0.05) is 12.4 Å². The molecule has 0 fully saturated rings. The van der Waals surface area contributed by atoms with Gasteiger partial charge in [-0.15, -0.1) is 6.58 Å². The number of hydrogen-bond donors (Lipinski definition) is 0. The highest BCUT2D eigenvalue weighted by Crippen LogP contribution is 2.08. The van der Waals surface area contributed by atoms with Crippen LogP contribution in [0.2, 0.25) is 5.02 Å². The number of halogens is 1. The van der Waals surface area contributed by atoms with Gasteiger partial charge in [0.25, 0.3) is 0 Å². The summed E-state index contributed by atoms with van der Waals surface area (Å²) in [5, 5.41) is 0.680. The van der Waals surface area contributed by atoms with E-state index in [1.54, 1.807) is 12.4 Å². The molecular formula is C8H8ClN. The van der Waals surface area contributed by atoms with Crippen LogP contribution in [0.25, 0.3) is 0 Å². The molecule has 0 aliphatic heterocycles. The van der Waals surface area contributed by atoms with Crippen LogP contribution in [-0.2, 0) is 6.42 Å². The van der Waals surface area contributed by atoms with Gasteiger partial charge in [0.05, 0.1) is 5.02 Å². The largest absolute Gasteiger partial charge is 0.263 e. The zero-order valence-corrected chi connectivity index (χ0v) is 6.30. The third-order valence-corrected chi connectivity index (χ3v) is 1.35. The number of aromatic nitrogens is 1. The zero-order chi connectivity index (χ0) is 7.40. The van der Waals surface area contributed by atoms with Crippen LogP contribution in [0.4, 0.5) is 0 Å². The molecule has 0 bridgehead atoms. The topological polar surface area (TPSA) is 12.9 Å². The fourth-order valence-corrected chi connectivity index (χ4v) is 0.931. The lowest BCUT2D eigenvalue weighted by Crippen LogP contribution is -1.81. The molecular weight excluding hydrogens is 146 g/mol. The maximum Gasteiger partial charge on any atom is 0.0592 e. The van der Waals surface area contributed by atoms with Crippen LogP contribution < -0.4 is 0 Å². The fraction of sp³-hybridized carbons (Fsp3) is 0.125. The van der Waals surface area contributed by atoms with E-state index in [2.05, 4.69) is 11.6 Å². The molecule has 1 aromatic rings. The Labute approximate surface area is 65.4 Å². The zero-order valence-electron chi connectivity index (χ0n) is 5.55. The van der Waals surface area contributed by atoms with Crippen LogP contribution in [-0.4, -0.2) is 4.98 Å². The van der Waals surface area contributed by atoms with E-state index in [1.807, 2.05) is 12.1 Å². The Morgan fingerprint density at radius 2 is 2.40 bits per heavy atom. The van der Waals surface area contributed by atoms with Gasteiger partial charge in [-0.1, -0.05) is 17.7 Å². The van der Waals surface area contributed by atoms with E-state index in [1.165, 1.54) is 0 Å². The van der Waals surface area contributed by atoms with Gasteiger partial charge in [-0.3, -0.25) is 4.98 Å². The van der Waals surface area contributed by atoms with Crippen molar-refractivity contribution in [1.29, 1.82) is 0 Å². The summed E-state index contributed by atoms with van der Waals surface area (Å²) in [6.45, 7) is 3.61. The van der Waals surface area contributed by atoms with E-state index in [0.717, 1.165) is 12.0 Å². The van der Waals surface area contributed by atoms with Crippen molar-refractivity contribution in [2.24, 2.45) is 0 Å². The first-order chi connectivity index (χ1) is 4.83. The smallest absolute Gasteiger partial charge is 0.0592 e. The van der Waals surface area contributed by atoms with Gasteiger partial charge in [-0.2, -0.15) is 0 Å². The molecule has 0 aromatic carbocycles. The highest BCUT2D eigenvalue weighted by Gasteiger charge is 1.90. The Balaban J connectivity index is 2.84. The lowest BCUT2D eigenvalue weighted by atomic mass is 10.2. The molecule has 0 radical (unpaired) electrons. The van der Waals surface area contributed by atoms with Crippen LogP contribution in [0.15, 0.2) is 31.1 Å². The van der Waals surface area contributed by atoms with Crippen molar-refractivity contribution in [2.45, 2.75) is 6.42 Å². The van der Waals surface area contributed by atoms with Crippen LogP contribution in [0.3, 0.4) is 0 Å². The van der Waals surface area contributed by atoms with E-state index < -0.39 is 0 Å². The average molecular weight is 154 g/mol. The Morgan fingerprint density at radius 1 is 1.60 bits per heavy atom. The van der Waals surface area contributed by atoms with E-state index >= 15 is 0 Å². The predicted octanol–water partition coefficient (Wildman–Crippen LogP) is 2.46. The predicted molar refractivity (Wildman–Crippen MR) is 43.1 cm³/mol. The standard InChI is InChI=1S/C8H8ClN/c1-2-3-7-4-8(9)6-10-5-7/h2,4-6H,1,3H2.